The predicted octanol–water partition coefficient (Wildman–Crippen LogP) is 2.31. The first-order valence-electron chi connectivity index (χ1n) is 5.72. The molecule has 1 aromatic carbocycles. The fourth-order valence-corrected chi connectivity index (χ4v) is 2.30. The van der Waals surface area contributed by atoms with Gasteiger partial charge in [0.25, 0.3) is 0 Å². The predicted molar refractivity (Wildman–Crippen MR) is 65.0 cm³/mol. The smallest absolute Gasteiger partial charge is 0.123 e. The van der Waals surface area contributed by atoms with Crippen LogP contribution in [0.5, 0.6) is 0 Å². The molecule has 0 bridgehead atoms. The van der Waals surface area contributed by atoms with Crippen LogP contribution in [0.2, 0.25) is 0 Å². The molecule has 3 rings (SSSR count). The maximum absolute atomic E-state index is 12.8. The maximum atomic E-state index is 12.8. The summed E-state index contributed by atoms with van der Waals surface area (Å²) in [4.78, 5) is 4.43. The van der Waals surface area contributed by atoms with Crippen molar-refractivity contribution in [1.29, 1.82) is 0 Å². The van der Waals surface area contributed by atoms with Gasteiger partial charge in [0.1, 0.15) is 5.82 Å². The van der Waals surface area contributed by atoms with Gasteiger partial charge in [-0.1, -0.05) is 12.1 Å². The summed E-state index contributed by atoms with van der Waals surface area (Å²) in [7, 11) is 0. The van der Waals surface area contributed by atoms with Gasteiger partial charge in [-0.25, -0.2) is 4.39 Å². The van der Waals surface area contributed by atoms with Gasteiger partial charge in [0.05, 0.1) is 0 Å². The summed E-state index contributed by atoms with van der Waals surface area (Å²) in [5, 5.41) is 0. The van der Waals surface area contributed by atoms with Crippen molar-refractivity contribution in [2.24, 2.45) is 5.73 Å². The molecule has 1 atom stereocenters. The Morgan fingerprint density at radius 1 is 1.12 bits per heavy atom. The molecule has 17 heavy (non-hydrogen) atoms. The highest BCUT2D eigenvalue weighted by Gasteiger charge is 2.19. The molecular weight excluding hydrogens is 215 g/mol. The summed E-state index contributed by atoms with van der Waals surface area (Å²) in [5.41, 5.74) is 10.2. The fourth-order valence-electron chi connectivity index (χ4n) is 2.30. The van der Waals surface area contributed by atoms with E-state index in [0.717, 1.165) is 29.7 Å². The highest BCUT2D eigenvalue weighted by atomic mass is 19.1. The van der Waals surface area contributed by atoms with Gasteiger partial charge in [0.2, 0.25) is 0 Å². The largest absolute Gasteiger partial charge is 0.327 e. The minimum atomic E-state index is -0.218. The van der Waals surface area contributed by atoms with Gasteiger partial charge in [-0.05, 0) is 35.7 Å². The summed E-state index contributed by atoms with van der Waals surface area (Å²) in [6.07, 6.45) is 3.58. The number of nitrogens with two attached hydrogens (primary N) is 1. The number of hydrogen-bond acceptors (Lipinski definition) is 2. The standard InChI is InChI=1S/C14H13FN2/c15-12-3-1-9(2-4-12)11-5-10-6-13(16)7-14(10)17-8-11/h1-5,8,13H,6-7,16H2. The van der Waals surface area contributed by atoms with E-state index in [1.165, 1.54) is 17.7 Å². The fraction of sp³-hybridized carbons (Fsp3) is 0.214. The van der Waals surface area contributed by atoms with E-state index >= 15 is 0 Å². The number of aromatic nitrogens is 1. The Balaban J connectivity index is 2.00. The minimum absolute atomic E-state index is 0.195. The lowest BCUT2D eigenvalue weighted by atomic mass is 10.0. The van der Waals surface area contributed by atoms with Crippen LogP contribution < -0.4 is 5.73 Å². The second-order valence-electron chi connectivity index (χ2n) is 4.51. The van der Waals surface area contributed by atoms with Gasteiger partial charge < -0.3 is 5.73 Å². The van der Waals surface area contributed by atoms with Crippen LogP contribution >= 0.6 is 0 Å². The molecule has 3 heteroatoms. The molecule has 2 aromatic rings. The molecule has 1 aromatic heterocycles. The van der Waals surface area contributed by atoms with Crippen molar-refractivity contribution < 1.29 is 4.39 Å². The first-order valence-corrected chi connectivity index (χ1v) is 5.72. The van der Waals surface area contributed by atoms with Crippen molar-refractivity contribution in [2.75, 3.05) is 0 Å². The van der Waals surface area contributed by atoms with Crippen LogP contribution in [0.4, 0.5) is 4.39 Å². The third-order valence-electron chi connectivity index (χ3n) is 3.18. The average molecular weight is 228 g/mol. The van der Waals surface area contributed by atoms with Gasteiger partial charge in [0.15, 0.2) is 0 Å². The van der Waals surface area contributed by atoms with E-state index in [2.05, 4.69) is 11.1 Å². The number of hydrogen-bond donors (Lipinski definition) is 1. The zero-order chi connectivity index (χ0) is 11.8. The zero-order valence-corrected chi connectivity index (χ0v) is 9.36. The molecule has 0 saturated heterocycles. The summed E-state index contributed by atoms with van der Waals surface area (Å²) < 4.78 is 12.8. The minimum Gasteiger partial charge on any atom is -0.327 e. The topological polar surface area (TPSA) is 38.9 Å². The Hall–Kier alpha value is -1.74. The molecule has 1 heterocycles. The Morgan fingerprint density at radius 2 is 1.88 bits per heavy atom. The van der Waals surface area contributed by atoms with Gasteiger partial charge >= 0.3 is 0 Å². The number of benzene rings is 1. The first kappa shape index (κ1) is 10.4. The Kier molecular flexibility index (Phi) is 2.41. The van der Waals surface area contributed by atoms with Gasteiger partial charge in [-0.2, -0.15) is 0 Å². The van der Waals surface area contributed by atoms with Crippen LogP contribution in [0.3, 0.4) is 0 Å². The number of rotatable bonds is 1. The maximum Gasteiger partial charge on any atom is 0.123 e. The lowest BCUT2D eigenvalue weighted by Gasteiger charge is -2.04. The average Bonchev–Trinajstić information content (AvgIpc) is 2.69. The molecule has 0 radical (unpaired) electrons. The molecule has 2 N–H and O–H groups in total. The zero-order valence-electron chi connectivity index (χ0n) is 9.36. The number of pyridine rings is 1. The van der Waals surface area contributed by atoms with E-state index in [0.29, 0.717) is 0 Å². The van der Waals surface area contributed by atoms with E-state index in [1.807, 2.05) is 6.20 Å². The van der Waals surface area contributed by atoms with Crippen molar-refractivity contribution >= 4 is 0 Å². The SMILES string of the molecule is NC1Cc2cc(-c3ccc(F)cc3)cnc2C1. The summed E-state index contributed by atoms with van der Waals surface area (Å²) in [5.74, 6) is -0.218. The van der Waals surface area contributed by atoms with Gasteiger partial charge in [-0.15, -0.1) is 0 Å². The summed E-state index contributed by atoms with van der Waals surface area (Å²) in [6.45, 7) is 0. The van der Waals surface area contributed by atoms with Crippen LogP contribution in [-0.2, 0) is 12.8 Å². The third-order valence-corrected chi connectivity index (χ3v) is 3.18. The molecule has 0 spiro atoms. The summed E-state index contributed by atoms with van der Waals surface area (Å²) in [6, 6.07) is 8.78. The quantitative estimate of drug-likeness (QED) is 0.813. The Labute approximate surface area is 99.3 Å². The molecule has 0 fully saturated rings. The molecule has 0 aliphatic heterocycles. The molecular formula is C14H13FN2. The normalized spacial score (nSPS) is 18.1. The van der Waals surface area contributed by atoms with Crippen molar-refractivity contribution in [3.8, 4) is 11.1 Å². The molecule has 0 saturated carbocycles. The molecule has 1 aliphatic rings. The number of fused-ring (bicyclic) bond motifs is 1. The van der Waals surface area contributed by atoms with Crippen LogP contribution in [0, 0.1) is 5.82 Å². The van der Waals surface area contributed by atoms with Crippen molar-refractivity contribution in [3.63, 3.8) is 0 Å². The number of halogens is 1. The first-order chi connectivity index (χ1) is 8.22. The molecule has 1 unspecified atom stereocenters. The molecule has 2 nitrogen and oxygen atoms in total. The second kappa shape index (κ2) is 3.93. The third kappa shape index (κ3) is 1.94. The monoisotopic (exact) mass is 228 g/mol. The van der Waals surface area contributed by atoms with E-state index in [-0.39, 0.29) is 11.9 Å². The lowest BCUT2D eigenvalue weighted by molar-refractivity contribution is 0.628. The van der Waals surface area contributed by atoms with E-state index in [9.17, 15) is 4.39 Å². The Morgan fingerprint density at radius 3 is 2.65 bits per heavy atom. The van der Waals surface area contributed by atoms with Crippen LogP contribution in [0.25, 0.3) is 11.1 Å². The van der Waals surface area contributed by atoms with E-state index in [4.69, 9.17) is 5.73 Å². The lowest BCUT2D eigenvalue weighted by Crippen LogP contribution is -2.19. The molecule has 86 valence electrons. The van der Waals surface area contributed by atoms with E-state index < -0.39 is 0 Å². The van der Waals surface area contributed by atoms with Crippen LogP contribution in [0.15, 0.2) is 36.5 Å². The second-order valence-corrected chi connectivity index (χ2v) is 4.51. The van der Waals surface area contributed by atoms with Gasteiger partial charge in [0, 0.05) is 29.9 Å². The van der Waals surface area contributed by atoms with E-state index in [1.54, 1.807) is 12.1 Å². The Bertz CT molecular complexity index is 549. The highest BCUT2D eigenvalue weighted by molar-refractivity contribution is 5.63. The van der Waals surface area contributed by atoms with Crippen LogP contribution in [-0.4, -0.2) is 11.0 Å². The summed E-state index contributed by atoms with van der Waals surface area (Å²) >= 11 is 0. The highest BCUT2D eigenvalue weighted by Crippen LogP contribution is 2.25. The van der Waals surface area contributed by atoms with Crippen molar-refractivity contribution in [2.45, 2.75) is 18.9 Å². The van der Waals surface area contributed by atoms with Crippen LogP contribution in [0.1, 0.15) is 11.3 Å². The van der Waals surface area contributed by atoms with Crippen molar-refractivity contribution in [1.82, 2.24) is 4.98 Å². The number of nitrogens with zero attached hydrogens (tertiary/aromatic N) is 1. The molecule has 0 amide bonds. The molecule has 1 aliphatic carbocycles. The van der Waals surface area contributed by atoms with Gasteiger partial charge in [-0.3, -0.25) is 4.98 Å². The van der Waals surface area contributed by atoms with Crippen molar-refractivity contribution in [3.05, 3.63) is 53.6 Å².